The molecule has 4 aromatic rings. The monoisotopic (exact) mass is 424 g/mol. The fourth-order valence-electron chi connectivity index (χ4n) is 4.54. The van der Waals surface area contributed by atoms with Gasteiger partial charge >= 0.3 is 0 Å². The lowest BCUT2D eigenvalue weighted by Crippen LogP contribution is -2.18. The van der Waals surface area contributed by atoms with E-state index < -0.39 is 0 Å². The van der Waals surface area contributed by atoms with Crippen molar-refractivity contribution in [1.82, 2.24) is 14.4 Å². The van der Waals surface area contributed by atoms with E-state index in [1.54, 1.807) is 13.3 Å². The van der Waals surface area contributed by atoms with Gasteiger partial charge in [-0.1, -0.05) is 12.1 Å². The van der Waals surface area contributed by atoms with Crippen molar-refractivity contribution >= 4 is 29.1 Å². The molecule has 1 N–H and O–H groups in total. The van der Waals surface area contributed by atoms with Gasteiger partial charge in [0.15, 0.2) is 11.5 Å². The van der Waals surface area contributed by atoms with E-state index >= 15 is 0 Å². The van der Waals surface area contributed by atoms with Crippen molar-refractivity contribution < 1.29 is 4.74 Å². The van der Waals surface area contributed by atoms with Crippen molar-refractivity contribution in [1.29, 1.82) is 0 Å². The van der Waals surface area contributed by atoms with Gasteiger partial charge in [0.05, 0.1) is 25.0 Å². The van der Waals surface area contributed by atoms with Crippen LogP contribution in [0.4, 0.5) is 17.2 Å². The fraction of sp³-hybridized carbons (Fsp3) is 0.240. The maximum absolute atomic E-state index is 5.71. The Hall–Kier alpha value is -3.87. The van der Waals surface area contributed by atoms with Gasteiger partial charge in [0.2, 0.25) is 0 Å². The van der Waals surface area contributed by atoms with Gasteiger partial charge in [-0.15, -0.1) is 0 Å². The lowest BCUT2D eigenvalue weighted by molar-refractivity contribution is 0.415. The Labute approximate surface area is 186 Å². The fourth-order valence-corrected chi connectivity index (χ4v) is 4.54. The van der Waals surface area contributed by atoms with E-state index in [9.17, 15) is 0 Å². The van der Waals surface area contributed by atoms with Crippen molar-refractivity contribution in [2.24, 2.45) is 4.99 Å². The third-order valence-electron chi connectivity index (χ3n) is 6.19. The molecule has 0 amide bonds. The smallest absolute Gasteiger partial charge is 0.180 e. The molecule has 0 saturated carbocycles. The third kappa shape index (κ3) is 3.26. The predicted octanol–water partition coefficient (Wildman–Crippen LogP) is 4.68. The first-order chi connectivity index (χ1) is 15.8. The van der Waals surface area contributed by atoms with Crippen LogP contribution in [0.5, 0.6) is 5.75 Å². The van der Waals surface area contributed by atoms with Crippen LogP contribution in [0, 0.1) is 0 Å². The Kier molecular flexibility index (Phi) is 4.52. The molecule has 4 heterocycles. The van der Waals surface area contributed by atoms with Gasteiger partial charge in [0.25, 0.3) is 0 Å². The molecule has 1 fully saturated rings. The Balaban J connectivity index is 1.37. The maximum Gasteiger partial charge on any atom is 0.180 e. The number of ether oxygens (including phenoxy) is 1. The van der Waals surface area contributed by atoms with Gasteiger partial charge < -0.3 is 19.4 Å². The molecule has 2 aliphatic heterocycles. The number of nitrogens with one attached hydrogen (secondary N) is 1. The molecule has 0 unspecified atom stereocenters. The van der Waals surface area contributed by atoms with Crippen molar-refractivity contribution in [3.63, 3.8) is 0 Å². The molecule has 0 bridgehead atoms. The summed E-state index contributed by atoms with van der Waals surface area (Å²) in [5.41, 5.74) is 7.20. The normalized spacial score (nSPS) is 14.8. The molecule has 0 radical (unpaired) electrons. The van der Waals surface area contributed by atoms with Crippen LogP contribution in [-0.4, -0.2) is 40.8 Å². The molecule has 2 aliphatic rings. The van der Waals surface area contributed by atoms with E-state index in [4.69, 9.17) is 9.72 Å². The first-order valence-electron chi connectivity index (χ1n) is 11.0. The van der Waals surface area contributed by atoms with Crippen LogP contribution in [0.3, 0.4) is 0 Å². The van der Waals surface area contributed by atoms with Crippen molar-refractivity contribution in [2.45, 2.75) is 19.4 Å². The van der Waals surface area contributed by atoms with Crippen LogP contribution in [0.2, 0.25) is 0 Å². The highest BCUT2D eigenvalue weighted by atomic mass is 16.5. The van der Waals surface area contributed by atoms with Gasteiger partial charge in [-0.2, -0.15) is 0 Å². The summed E-state index contributed by atoms with van der Waals surface area (Å²) in [5.74, 6) is 1.58. The molecule has 0 aliphatic carbocycles. The van der Waals surface area contributed by atoms with Gasteiger partial charge in [0, 0.05) is 55.2 Å². The molecule has 160 valence electrons. The van der Waals surface area contributed by atoms with E-state index in [2.05, 4.69) is 50.5 Å². The second kappa shape index (κ2) is 7.67. The van der Waals surface area contributed by atoms with E-state index in [1.165, 1.54) is 24.0 Å². The molecule has 0 spiro atoms. The zero-order valence-electron chi connectivity index (χ0n) is 18.0. The minimum absolute atomic E-state index is 0.709. The Bertz CT molecular complexity index is 1340. The summed E-state index contributed by atoms with van der Waals surface area (Å²) in [6, 6.07) is 12.6. The van der Waals surface area contributed by atoms with Crippen molar-refractivity contribution in [3.8, 4) is 17.0 Å². The van der Waals surface area contributed by atoms with Gasteiger partial charge in [0.1, 0.15) is 5.75 Å². The standard InChI is InChI=1S/C25H24N6O/c1-32-23-13-20(6-7-22(23)30-9-2-3-10-30)28-24-25-27-8-11-31(25)16-21(29-24)17-4-5-18-14-26-15-19(18)12-17/h4-8,11-14,16H,2-3,9-10,15H2,1H3,(H,28,29). The lowest BCUT2D eigenvalue weighted by atomic mass is 10.0. The second-order valence-electron chi connectivity index (χ2n) is 8.22. The number of rotatable bonds is 5. The van der Waals surface area contributed by atoms with Gasteiger partial charge in [-0.05, 0) is 42.2 Å². The van der Waals surface area contributed by atoms with Gasteiger partial charge in [-0.3, -0.25) is 4.99 Å². The first-order valence-corrected chi connectivity index (χ1v) is 11.0. The van der Waals surface area contributed by atoms with E-state index in [-0.39, 0.29) is 0 Å². The summed E-state index contributed by atoms with van der Waals surface area (Å²) in [4.78, 5) is 16.2. The highest BCUT2D eigenvalue weighted by Gasteiger charge is 2.18. The van der Waals surface area contributed by atoms with Crippen LogP contribution in [0.15, 0.2) is 60.0 Å². The molecule has 7 heteroatoms. The molecule has 7 nitrogen and oxygen atoms in total. The number of anilines is 3. The number of benzene rings is 2. The van der Waals surface area contributed by atoms with Crippen LogP contribution in [0.25, 0.3) is 16.9 Å². The average Bonchev–Trinajstić information content (AvgIpc) is 3.60. The Morgan fingerprint density at radius 1 is 1.06 bits per heavy atom. The number of methoxy groups -OCH3 is 1. The van der Waals surface area contributed by atoms with Crippen LogP contribution >= 0.6 is 0 Å². The van der Waals surface area contributed by atoms with Crippen LogP contribution < -0.4 is 15.0 Å². The molecule has 0 atom stereocenters. The quantitative estimate of drug-likeness (QED) is 0.504. The van der Waals surface area contributed by atoms with Crippen molar-refractivity contribution in [2.75, 3.05) is 30.4 Å². The molecule has 32 heavy (non-hydrogen) atoms. The number of aromatic nitrogens is 3. The van der Waals surface area contributed by atoms with Crippen LogP contribution in [0.1, 0.15) is 24.0 Å². The minimum atomic E-state index is 0.709. The summed E-state index contributed by atoms with van der Waals surface area (Å²) in [6.45, 7) is 2.88. The van der Waals surface area contributed by atoms with Gasteiger partial charge in [-0.25, -0.2) is 9.97 Å². The van der Waals surface area contributed by atoms with E-state index in [0.717, 1.165) is 53.7 Å². The summed E-state index contributed by atoms with van der Waals surface area (Å²) >= 11 is 0. The van der Waals surface area contributed by atoms with E-state index in [0.29, 0.717) is 5.82 Å². The SMILES string of the molecule is COc1cc(Nc2nc(-c3ccc4c(c3)CN=C4)cn3ccnc23)ccc1N1CCCC1. The zero-order valence-corrected chi connectivity index (χ0v) is 18.0. The predicted molar refractivity (Wildman–Crippen MR) is 127 cm³/mol. The lowest BCUT2D eigenvalue weighted by Gasteiger charge is -2.21. The highest BCUT2D eigenvalue weighted by molar-refractivity contribution is 5.86. The number of hydrogen-bond donors (Lipinski definition) is 1. The van der Waals surface area contributed by atoms with Crippen molar-refractivity contribution in [3.05, 3.63) is 66.1 Å². The number of nitrogens with zero attached hydrogens (tertiary/aromatic N) is 5. The number of aliphatic imine (C=N–C) groups is 1. The zero-order chi connectivity index (χ0) is 21.5. The summed E-state index contributed by atoms with van der Waals surface area (Å²) in [7, 11) is 1.72. The Morgan fingerprint density at radius 3 is 2.84 bits per heavy atom. The first kappa shape index (κ1) is 18.9. The maximum atomic E-state index is 5.71. The Morgan fingerprint density at radius 2 is 1.97 bits per heavy atom. The molecule has 2 aromatic carbocycles. The molecular weight excluding hydrogens is 400 g/mol. The average molecular weight is 425 g/mol. The number of fused-ring (bicyclic) bond motifs is 2. The summed E-state index contributed by atoms with van der Waals surface area (Å²) in [5, 5.41) is 3.47. The largest absolute Gasteiger partial charge is 0.495 e. The second-order valence-corrected chi connectivity index (χ2v) is 8.22. The summed E-state index contributed by atoms with van der Waals surface area (Å²) < 4.78 is 7.71. The number of hydrogen-bond acceptors (Lipinski definition) is 6. The highest BCUT2D eigenvalue weighted by Crippen LogP contribution is 2.35. The molecule has 6 rings (SSSR count). The molecular formula is C25H24N6O. The van der Waals surface area contributed by atoms with Crippen LogP contribution in [-0.2, 0) is 6.54 Å². The number of imidazole rings is 1. The van der Waals surface area contributed by atoms with E-state index in [1.807, 2.05) is 29.1 Å². The minimum Gasteiger partial charge on any atom is -0.495 e. The molecule has 1 saturated heterocycles. The topological polar surface area (TPSA) is 67.0 Å². The summed E-state index contributed by atoms with van der Waals surface area (Å²) in [6.07, 6.45) is 10.1. The third-order valence-corrected chi connectivity index (χ3v) is 6.19. The molecule has 2 aromatic heterocycles.